The van der Waals surface area contributed by atoms with Crippen LogP contribution in [0.5, 0.6) is 5.75 Å². The Morgan fingerprint density at radius 3 is 2.68 bits per heavy atom. The number of ether oxygens (including phenoxy) is 1. The number of fused-ring (bicyclic) bond motifs is 1. The Morgan fingerprint density at radius 2 is 1.84 bits per heavy atom. The summed E-state index contributed by atoms with van der Waals surface area (Å²) in [4.78, 5) is 11.2. The van der Waals surface area contributed by atoms with Crippen molar-refractivity contribution in [2.45, 2.75) is 6.61 Å². The van der Waals surface area contributed by atoms with Gasteiger partial charge in [0.25, 0.3) is 0 Å². The number of hydrogen-bond donors (Lipinski definition) is 0. The molecule has 0 saturated heterocycles. The van der Waals surface area contributed by atoms with Gasteiger partial charge in [-0.2, -0.15) is 0 Å². The van der Waals surface area contributed by atoms with Crippen molar-refractivity contribution in [3.63, 3.8) is 0 Å². The maximum Gasteiger partial charge on any atom is 0.336 e. The van der Waals surface area contributed by atoms with E-state index < -0.39 is 0 Å². The second-order valence-corrected chi connectivity index (χ2v) is 5.86. The van der Waals surface area contributed by atoms with Crippen LogP contribution in [0.2, 0.25) is 5.02 Å². The highest BCUT2D eigenvalue weighted by Gasteiger charge is 2.08. The quantitative estimate of drug-likeness (QED) is 0.498. The van der Waals surface area contributed by atoms with Crippen LogP contribution in [0.1, 0.15) is 5.76 Å². The molecule has 0 fully saturated rings. The fourth-order valence-corrected chi connectivity index (χ4v) is 2.56. The molecule has 4 aromatic rings. The van der Waals surface area contributed by atoms with E-state index in [-0.39, 0.29) is 12.2 Å². The van der Waals surface area contributed by atoms with Crippen molar-refractivity contribution >= 4 is 22.6 Å². The fraction of sp³-hybridized carbons (Fsp3) is 0.0526. The van der Waals surface area contributed by atoms with Gasteiger partial charge in [-0.15, -0.1) is 0 Å². The summed E-state index contributed by atoms with van der Waals surface area (Å²) in [5, 5.41) is 5.50. The maximum absolute atomic E-state index is 11.2. The van der Waals surface area contributed by atoms with E-state index in [0.717, 1.165) is 16.6 Å². The molecular formula is C19H12ClNO4. The number of hydrogen-bond acceptors (Lipinski definition) is 5. The summed E-state index contributed by atoms with van der Waals surface area (Å²) in [6, 6.07) is 17.5. The molecule has 0 aliphatic heterocycles. The van der Waals surface area contributed by atoms with Gasteiger partial charge in [0.1, 0.15) is 23.6 Å². The molecule has 0 saturated carbocycles. The average molecular weight is 354 g/mol. The Kier molecular flexibility index (Phi) is 3.99. The van der Waals surface area contributed by atoms with Crippen LogP contribution in [-0.4, -0.2) is 5.16 Å². The number of benzene rings is 2. The van der Waals surface area contributed by atoms with Gasteiger partial charge in [-0.3, -0.25) is 0 Å². The first kappa shape index (κ1) is 15.5. The van der Waals surface area contributed by atoms with Gasteiger partial charge in [0.05, 0.1) is 0 Å². The first-order chi connectivity index (χ1) is 12.2. The zero-order valence-electron chi connectivity index (χ0n) is 12.9. The highest BCUT2D eigenvalue weighted by Crippen LogP contribution is 2.23. The molecule has 124 valence electrons. The SMILES string of the molecule is O=c1ccc2cc(OCc3cc(-c4ccc(Cl)cc4)no3)ccc2o1. The van der Waals surface area contributed by atoms with Gasteiger partial charge in [-0.1, -0.05) is 28.9 Å². The fourth-order valence-electron chi connectivity index (χ4n) is 2.43. The second kappa shape index (κ2) is 6.45. The van der Waals surface area contributed by atoms with Gasteiger partial charge in [-0.25, -0.2) is 4.79 Å². The lowest BCUT2D eigenvalue weighted by Gasteiger charge is -2.04. The summed E-state index contributed by atoms with van der Waals surface area (Å²) in [6.45, 7) is 0.239. The van der Waals surface area contributed by atoms with Crippen molar-refractivity contribution in [1.82, 2.24) is 5.16 Å². The van der Waals surface area contributed by atoms with Crippen LogP contribution in [0, 0.1) is 0 Å². The number of halogens is 1. The first-order valence-corrected chi connectivity index (χ1v) is 7.93. The Bertz CT molecular complexity index is 1080. The number of nitrogens with zero attached hydrogens (tertiary/aromatic N) is 1. The molecule has 0 unspecified atom stereocenters. The zero-order valence-corrected chi connectivity index (χ0v) is 13.7. The smallest absolute Gasteiger partial charge is 0.336 e. The number of rotatable bonds is 4. The molecule has 0 aliphatic rings. The van der Waals surface area contributed by atoms with Crippen molar-refractivity contribution in [2.75, 3.05) is 0 Å². The van der Waals surface area contributed by atoms with Crippen molar-refractivity contribution in [2.24, 2.45) is 0 Å². The topological polar surface area (TPSA) is 65.5 Å². The molecule has 0 spiro atoms. The van der Waals surface area contributed by atoms with Crippen molar-refractivity contribution in [3.05, 3.63) is 81.9 Å². The minimum atomic E-state index is -0.377. The maximum atomic E-state index is 11.2. The standard InChI is InChI=1S/C19H12ClNO4/c20-14-4-1-12(2-5-14)17-10-16(25-21-17)11-23-15-6-7-18-13(9-15)3-8-19(22)24-18/h1-10H,11H2. The van der Waals surface area contributed by atoms with Crippen molar-refractivity contribution in [1.29, 1.82) is 0 Å². The summed E-state index contributed by atoms with van der Waals surface area (Å²) in [7, 11) is 0. The molecule has 2 heterocycles. The van der Waals surface area contributed by atoms with Crippen LogP contribution in [-0.2, 0) is 6.61 Å². The predicted octanol–water partition coefficient (Wildman–Crippen LogP) is 4.68. The lowest BCUT2D eigenvalue weighted by atomic mass is 10.1. The minimum Gasteiger partial charge on any atom is -0.486 e. The molecule has 6 heteroatoms. The predicted molar refractivity (Wildman–Crippen MR) is 93.8 cm³/mol. The molecule has 5 nitrogen and oxygen atoms in total. The van der Waals surface area contributed by atoms with Gasteiger partial charge >= 0.3 is 5.63 Å². The molecule has 0 N–H and O–H groups in total. The molecule has 2 aromatic heterocycles. The van der Waals surface area contributed by atoms with Crippen LogP contribution >= 0.6 is 11.6 Å². The van der Waals surface area contributed by atoms with Crippen molar-refractivity contribution in [3.8, 4) is 17.0 Å². The monoisotopic (exact) mass is 353 g/mol. The Labute approximate surface area is 147 Å². The lowest BCUT2D eigenvalue weighted by molar-refractivity contribution is 0.250. The third kappa shape index (κ3) is 3.41. The summed E-state index contributed by atoms with van der Waals surface area (Å²) in [5.74, 6) is 1.25. The van der Waals surface area contributed by atoms with Gasteiger partial charge in [0, 0.05) is 28.1 Å². The van der Waals surface area contributed by atoms with Gasteiger partial charge in [0.2, 0.25) is 0 Å². The molecule has 0 bridgehead atoms. The average Bonchev–Trinajstić information content (AvgIpc) is 3.09. The lowest BCUT2D eigenvalue weighted by Crippen LogP contribution is -1.96. The largest absolute Gasteiger partial charge is 0.486 e. The summed E-state index contributed by atoms with van der Waals surface area (Å²) < 4.78 is 16.1. The van der Waals surface area contributed by atoms with Crippen LogP contribution in [0.15, 0.2) is 74.4 Å². The van der Waals surface area contributed by atoms with E-state index >= 15 is 0 Å². The van der Waals surface area contributed by atoms with E-state index in [1.807, 2.05) is 18.2 Å². The molecular weight excluding hydrogens is 342 g/mol. The Hall–Kier alpha value is -3.05. The molecule has 0 atom stereocenters. The first-order valence-electron chi connectivity index (χ1n) is 7.56. The molecule has 0 amide bonds. The Balaban J connectivity index is 1.49. The van der Waals surface area contributed by atoms with E-state index in [4.69, 9.17) is 25.3 Å². The Morgan fingerprint density at radius 1 is 1.00 bits per heavy atom. The highest BCUT2D eigenvalue weighted by molar-refractivity contribution is 6.30. The third-order valence-electron chi connectivity index (χ3n) is 3.67. The van der Waals surface area contributed by atoms with Crippen molar-refractivity contribution < 1.29 is 13.7 Å². The number of aromatic nitrogens is 1. The van der Waals surface area contributed by atoms with E-state index in [9.17, 15) is 4.79 Å². The molecule has 0 aliphatic carbocycles. The van der Waals surface area contributed by atoms with E-state index in [2.05, 4.69) is 5.16 Å². The molecule has 2 aromatic carbocycles. The summed E-state index contributed by atoms with van der Waals surface area (Å²) in [6.07, 6.45) is 0. The van der Waals surface area contributed by atoms with Crippen LogP contribution in [0.25, 0.3) is 22.2 Å². The van der Waals surface area contributed by atoms with Crippen LogP contribution in [0.3, 0.4) is 0 Å². The third-order valence-corrected chi connectivity index (χ3v) is 3.92. The van der Waals surface area contributed by atoms with Gasteiger partial charge in [0.15, 0.2) is 5.76 Å². The molecule has 4 rings (SSSR count). The van der Waals surface area contributed by atoms with Gasteiger partial charge in [-0.05, 0) is 36.4 Å². The minimum absolute atomic E-state index is 0.239. The summed E-state index contributed by atoms with van der Waals surface area (Å²) >= 11 is 5.88. The van der Waals surface area contributed by atoms with E-state index in [1.165, 1.54) is 6.07 Å². The normalized spacial score (nSPS) is 10.9. The van der Waals surface area contributed by atoms with Gasteiger partial charge < -0.3 is 13.7 Å². The van der Waals surface area contributed by atoms with E-state index in [0.29, 0.717) is 22.1 Å². The zero-order chi connectivity index (χ0) is 17.2. The second-order valence-electron chi connectivity index (χ2n) is 5.43. The van der Waals surface area contributed by atoms with Crippen LogP contribution < -0.4 is 10.4 Å². The van der Waals surface area contributed by atoms with Crippen LogP contribution in [0.4, 0.5) is 0 Å². The molecule has 25 heavy (non-hydrogen) atoms. The van der Waals surface area contributed by atoms with E-state index in [1.54, 1.807) is 36.4 Å². The summed E-state index contributed by atoms with van der Waals surface area (Å²) in [5.41, 5.74) is 1.78. The highest BCUT2D eigenvalue weighted by atomic mass is 35.5. The molecule has 0 radical (unpaired) electrons.